The molecule has 1 saturated carbocycles. The molecule has 2 atom stereocenters. The molecule has 2 unspecified atom stereocenters. The third-order valence-corrected chi connectivity index (χ3v) is 5.11. The van der Waals surface area contributed by atoms with Gasteiger partial charge in [0.05, 0.1) is 0 Å². The van der Waals surface area contributed by atoms with Crippen molar-refractivity contribution in [3.8, 4) is 0 Å². The second-order valence-corrected chi connectivity index (χ2v) is 7.08. The molecule has 2 aliphatic rings. The molecule has 108 valence electrons. The zero-order valence-corrected chi connectivity index (χ0v) is 12.6. The average Bonchev–Trinajstić information content (AvgIpc) is 2.86. The highest BCUT2D eigenvalue weighted by atomic mass is 16.2. The van der Waals surface area contributed by atoms with Crippen LogP contribution in [0.1, 0.15) is 45.6 Å². The fourth-order valence-electron chi connectivity index (χ4n) is 3.94. The summed E-state index contributed by atoms with van der Waals surface area (Å²) in [5, 5.41) is 0. The molecule has 0 aromatic heterocycles. The number of amides is 1. The number of carbonyl (C=O) groups excluding carboxylic acids is 1. The molecule has 20 heavy (non-hydrogen) atoms. The Kier molecular flexibility index (Phi) is 3.03. The second kappa shape index (κ2) is 4.51. The Labute approximate surface area is 121 Å². The van der Waals surface area contributed by atoms with E-state index < -0.39 is 0 Å². The Morgan fingerprint density at radius 2 is 2.15 bits per heavy atom. The minimum Gasteiger partial charge on any atom is -0.399 e. The lowest BCUT2D eigenvalue weighted by Gasteiger charge is -2.32. The van der Waals surface area contributed by atoms with Crippen LogP contribution in [0.25, 0.3) is 0 Å². The van der Waals surface area contributed by atoms with Gasteiger partial charge in [0, 0.05) is 23.3 Å². The molecule has 1 aliphatic heterocycles. The first-order chi connectivity index (χ1) is 9.40. The summed E-state index contributed by atoms with van der Waals surface area (Å²) in [6, 6.07) is 6.17. The molecule has 1 fully saturated rings. The molecule has 3 heteroatoms. The van der Waals surface area contributed by atoms with Crippen molar-refractivity contribution in [2.75, 3.05) is 10.6 Å². The van der Waals surface area contributed by atoms with Gasteiger partial charge in [0.25, 0.3) is 0 Å². The summed E-state index contributed by atoms with van der Waals surface area (Å²) in [4.78, 5) is 15.0. The number of carbonyl (C=O) groups is 1. The molecule has 3 nitrogen and oxygen atoms in total. The van der Waals surface area contributed by atoms with E-state index in [1.807, 2.05) is 23.1 Å². The first-order valence-corrected chi connectivity index (χ1v) is 7.61. The smallest absolute Gasteiger partial charge is 0.230 e. The fourth-order valence-corrected chi connectivity index (χ4v) is 3.94. The van der Waals surface area contributed by atoms with Crippen molar-refractivity contribution in [3.05, 3.63) is 23.8 Å². The summed E-state index contributed by atoms with van der Waals surface area (Å²) in [5.41, 5.74) is 9.05. The van der Waals surface area contributed by atoms with Crippen LogP contribution in [0.2, 0.25) is 0 Å². The Balaban J connectivity index is 1.93. The molecule has 1 aromatic rings. The lowest BCUT2D eigenvalue weighted by atomic mass is 9.81. The first-order valence-electron chi connectivity index (χ1n) is 7.61. The van der Waals surface area contributed by atoms with E-state index in [4.69, 9.17) is 5.73 Å². The van der Waals surface area contributed by atoms with Gasteiger partial charge in [-0.15, -0.1) is 0 Å². The molecule has 0 spiro atoms. The lowest BCUT2D eigenvalue weighted by molar-refractivity contribution is -0.125. The van der Waals surface area contributed by atoms with Crippen LogP contribution in [0.4, 0.5) is 11.4 Å². The Morgan fingerprint density at radius 3 is 2.80 bits per heavy atom. The Morgan fingerprint density at radius 1 is 1.40 bits per heavy atom. The van der Waals surface area contributed by atoms with Crippen LogP contribution in [0, 0.1) is 11.3 Å². The van der Waals surface area contributed by atoms with Gasteiger partial charge in [0.2, 0.25) is 5.91 Å². The number of nitrogens with two attached hydrogens (primary N) is 1. The quantitative estimate of drug-likeness (QED) is 0.797. The molecular formula is C17H24N2O. The highest BCUT2D eigenvalue weighted by Crippen LogP contribution is 2.45. The van der Waals surface area contributed by atoms with Gasteiger partial charge in [-0.05, 0) is 55.4 Å². The minimum absolute atomic E-state index is 0.132. The van der Waals surface area contributed by atoms with Gasteiger partial charge in [0.15, 0.2) is 0 Å². The fraction of sp³-hybridized carbons (Fsp3) is 0.588. The molecular weight excluding hydrogens is 248 g/mol. The third-order valence-electron chi connectivity index (χ3n) is 5.11. The lowest BCUT2D eigenvalue weighted by Crippen LogP contribution is -2.43. The minimum atomic E-state index is 0.132. The number of rotatable bonds is 1. The van der Waals surface area contributed by atoms with Gasteiger partial charge in [-0.3, -0.25) is 4.79 Å². The molecule has 1 aliphatic carbocycles. The monoisotopic (exact) mass is 272 g/mol. The van der Waals surface area contributed by atoms with Crippen LogP contribution >= 0.6 is 0 Å². The van der Waals surface area contributed by atoms with Crippen molar-refractivity contribution in [2.24, 2.45) is 11.3 Å². The van der Waals surface area contributed by atoms with Crippen LogP contribution in [-0.4, -0.2) is 11.9 Å². The van der Waals surface area contributed by atoms with Gasteiger partial charge in [-0.25, -0.2) is 0 Å². The van der Waals surface area contributed by atoms with E-state index in [-0.39, 0.29) is 17.4 Å². The number of hydrogen-bond donors (Lipinski definition) is 1. The van der Waals surface area contributed by atoms with E-state index in [0.717, 1.165) is 30.6 Å². The van der Waals surface area contributed by atoms with Gasteiger partial charge in [-0.1, -0.05) is 20.3 Å². The summed E-state index contributed by atoms with van der Waals surface area (Å²) < 4.78 is 0. The highest BCUT2D eigenvalue weighted by molar-refractivity contribution is 5.98. The van der Waals surface area contributed by atoms with E-state index in [1.165, 1.54) is 12.0 Å². The summed E-state index contributed by atoms with van der Waals surface area (Å²) in [5.74, 6) is 0.469. The van der Waals surface area contributed by atoms with Crippen LogP contribution in [0.3, 0.4) is 0 Å². The molecule has 2 N–H and O–H groups in total. The zero-order chi connectivity index (χ0) is 14.5. The maximum atomic E-state index is 13.0. The zero-order valence-electron chi connectivity index (χ0n) is 12.6. The summed E-state index contributed by atoms with van der Waals surface area (Å²) >= 11 is 0. The van der Waals surface area contributed by atoms with Crippen molar-refractivity contribution < 1.29 is 4.79 Å². The molecule has 3 rings (SSSR count). The van der Waals surface area contributed by atoms with Gasteiger partial charge in [-0.2, -0.15) is 0 Å². The summed E-state index contributed by atoms with van der Waals surface area (Å²) in [6.45, 7) is 6.59. The van der Waals surface area contributed by atoms with Crippen LogP contribution in [0.5, 0.6) is 0 Å². The topological polar surface area (TPSA) is 46.3 Å². The highest BCUT2D eigenvalue weighted by Gasteiger charge is 2.44. The SMILES string of the molecule is CC1Cc2cc(N)ccc2N1C(=O)C1CCCC1(C)C. The van der Waals surface area contributed by atoms with Gasteiger partial charge in [0.1, 0.15) is 0 Å². The van der Waals surface area contributed by atoms with E-state index >= 15 is 0 Å². The summed E-state index contributed by atoms with van der Waals surface area (Å²) in [6.07, 6.45) is 4.26. The van der Waals surface area contributed by atoms with Crippen molar-refractivity contribution >= 4 is 17.3 Å². The third kappa shape index (κ3) is 2.00. The first kappa shape index (κ1) is 13.5. The molecule has 0 radical (unpaired) electrons. The number of benzene rings is 1. The number of nitrogen functional groups attached to an aromatic ring is 1. The van der Waals surface area contributed by atoms with Gasteiger partial charge < -0.3 is 10.6 Å². The summed E-state index contributed by atoms with van der Waals surface area (Å²) in [7, 11) is 0. The van der Waals surface area contributed by atoms with E-state index in [1.54, 1.807) is 0 Å². The molecule has 0 bridgehead atoms. The molecule has 1 heterocycles. The van der Waals surface area contributed by atoms with E-state index in [0.29, 0.717) is 5.91 Å². The maximum Gasteiger partial charge on any atom is 0.230 e. The van der Waals surface area contributed by atoms with Crippen LogP contribution in [-0.2, 0) is 11.2 Å². The largest absolute Gasteiger partial charge is 0.399 e. The predicted octanol–water partition coefficient (Wildman–Crippen LogP) is 3.37. The van der Waals surface area contributed by atoms with E-state index in [2.05, 4.69) is 20.8 Å². The van der Waals surface area contributed by atoms with E-state index in [9.17, 15) is 4.79 Å². The Bertz CT molecular complexity index is 550. The standard InChI is InChI=1S/C17H24N2O/c1-11-9-12-10-13(18)6-7-15(12)19(11)16(20)14-5-4-8-17(14,2)3/h6-7,10-11,14H,4-5,8-9,18H2,1-3H3. The number of anilines is 2. The van der Waals surface area contributed by atoms with Gasteiger partial charge >= 0.3 is 0 Å². The number of hydrogen-bond acceptors (Lipinski definition) is 2. The molecule has 1 aromatic carbocycles. The van der Waals surface area contributed by atoms with Crippen LogP contribution < -0.4 is 10.6 Å². The van der Waals surface area contributed by atoms with Crippen molar-refractivity contribution in [3.63, 3.8) is 0 Å². The predicted molar refractivity (Wildman–Crippen MR) is 82.6 cm³/mol. The Hall–Kier alpha value is -1.51. The second-order valence-electron chi connectivity index (χ2n) is 7.08. The number of fused-ring (bicyclic) bond motifs is 1. The van der Waals surface area contributed by atoms with Crippen molar-refractivity contribution in [1.29, 1.82) is 0 Å². The number of nitrogens with zero attached hydrogens (tertiary/aromatic N) is 1. The van der Waals surface area contributed by atoms with Crippen molar-refractivity contribution in [1.82, 2.24) is 0 Å². The maximum absolute atomic E-state index is 13.0. The molecule has 0 saturated heterocycles. The molecule has 1 amide bonds. The van der Waals surface area contributed by atoms with Crippen molar-refractivity contribution in [2.45, 2.75) is 52.5 Å². The normalized spacial score (nSPS) is 27.6. The average molecular weight is 272 g/mol. The van der Waals surface area contributed by atoms with Crippen LogP contribution in [0.15, 0.2) is 18.2 Å².